The number of fused-ring (bicyclic) bond motifs is 1. The summed E-state index contributed by atoms with van der Waals surface area (Å²) < 4.78 is 0. The van der Waals surface area contributed by atoms with Gasteiger partial charge in [-0.15, -0.1) is 11.3 Å². The first kappa shape index (κ1) is 16.9. The lowest BCUT2D eigenvalue weighted by atomic mass is 10.1. The first-order chi connectivity index (χ1) is 11.5. The van der Waals surface area contributed by atoms with E-state index in [1.807, 2.05) is 0 Å². The van der Waals surface area contributed by atoms with Crippen molar-refractivity contribution >= 4 is 57.1 Å². The number of nitrogens with two attached hydrogens (primary N) is 1. The number of rotatable bonds is 3. The van der Waals surface area contributed by atoms with Gasteiger partial charge in [0.2, 0.25) is 0 Å². The Hall–Kier alpha value is -1.96. The summed E-state index contributed by atoms with van der Waals surface area (Å²) in [6, 6.07) is 6.69. The van der Waals surface area contributed by atoms with Gasteiger partial charge in [0.15, 0.2) is 5.11 Å². The normalized spacial score (nSPS) is 12.5. The topological polar surface area (TPSA) is 84.2 Å². The van der Waals surface area contributed by atoms with Crippen molar-refractivity contribution in [2.75, 3.05) is 5.32 Å². The number of amides is 2. The van der Waals surface area contributed by atoms with Gasteiger partial charge in [-0.05, 0) is 49.2 Å². The average Bonchev–Trinajstić information content (AvgIpc) is 3.07. The van der Waals surface area contributed by atoms with E-state index in [1.54, 1.807) is 24.3 Å². The van der Waals surface area contributed by atoms with Gasteiger partial charge in [0, 0.05) is 4.88 Å². The third-order valence-corrected chi connectivity index (χ3v) is 5.48. The van der Waals surface area contributed by atoms with Crippen LogP contribution in [-0.4, -0.2) is 16.9 Å². The van der Waals surface area contributed by atoms with Crippen LogP contribution in [0.5, 0.6) is 0 Å². The largest absolute Gasteiger partial charge is 0.365 e. The van der Waals surface area contributed by atoms with Crippen molar-refractivity contribution in [2.24, 2.45) is 5.73 Å². The third kappa shape index (κ3) is 3.28. The van der Waals surface area contributed by atoms with E-state index < -0.39 is 11.8 Å². The molecule has 1 aliphatic carbocycles. The van der Waals surface area contributed by atoms with Crippen molar-refractivity contribution < 1.29 is 9.59 Å². The number of carbonyl (C=O) groups is 2. The highest BCUT2D eigenvalue weighted by Crippen LogP contribution is 2.38. The van der Waals surface area contributed by atoms with Crippen molar-refractivity contribution in [1.29, 1.82) is 0 Å². The van der Waals surface area contributed by atoms with E-state index in [0.717, 1.165) is 29.7 Å². The standard InChI is InChI=1S/C16H14ClN3O2S2/c17-10-6-2-1-4-8(10)14(22)19-16(23)20-15-12(13(18)21)9-5-3-7-11(9)24-15/h1-2,4,6H,3,5,7H2,(H2,18,21)(H2,19,20,22,23). The highest BCUT2D eigenvalue weighted by Gasteiger charge is 2.25. The molecule has 8 heteroatoms. The minimum absolute atomic E-state index is 0.0994. The molecule has 3 rings (SSSR count). The number of halogens is 1. The zero-order valence-electron chi connectivity index (χ0n) is 12.5. The van der Waals surface area contributed by atoms with Gasteiger partial charge < -0.3 is 11.1 Å². The van der Waals surface area contributed by atoms with Gasteiger partial charge in [0.1, 0.15) is 5.00 Å². The Morgan fingerprint density at radius 2 is 2.00 bits per heavy atom. The summed E-state index contributed by atoms with van der Waals surface area (Å²) in [5, 5.41) is 6.50. The molecule has 1 heterocycles. The van der Waals surface area contributed by atoms with Crippen LogP contribution in [0.3, 0.4) is 0 Å². The molecule has 0 fully saturated rings. The van der Waals surface area contributed by atoms with E-state index in [0.29, 0.717) is 21.2 Å². The Bertz CT molecular complexity index is 848. The van der Waals surface area contributed by atoms with Crippen LogP contribution in [0.4, 0.5) is 5.00 Å². The molecule has 2 aromatic rings. The van der Waals surface area contributed by atoms with Crippen LogP contribution in [-0.2, 0) is 12.8 Å². The van der Waals surface area contributed by atoms with Crippen LogP contribution in [0, 0.1) is 0 Å². The number of aryl methyl sites for hydroxylation is 1. The maximum atomic E-state index is 12.2. The third-order valence-electron chi connectivity index (χ3n) is 3.74. The van der Waals surface area contributed by atoms with Gasteiger partial charge in [-0.25, -0.2) is 0 Å². The minimum Gasteiger partial charge on any atom is -0.365 e. The van der Waals surface area contributed by atoms with Crippen molar-refractivity contribution in [3.05, 3.63) is 50.9 Å². The van der Waals surface area contributed by atoms with E-state index in [2.05, 4.69) is 10.6 Å². The smallest absolute Gasteiger partial charge is 0.258 e. The van der Waals surface area contributed by atoms with Crippen LogP contribution in [0.1, 0.15) is 37.6 Å². The number of carbonyl (C=O) groups excluding carboxylic acids is 2. The second-order valence-electron chi connectivity index (χ2n) is 5.31. The lowest BCUT2D eigenvalue weighted by molar-refractivity contribution is 0.0975. The van der Waals surface area contributed by atoms with Crippen LogP contribution in [0.15, 0.2) is 24.3 Å². The zero-order valence-corrected chi connectivity index (χ0v) is 14.9. The fourth-order valence-corrected chi connectivity index (χ4v) is 4.48. The molecule has 0 unspecified atom stereocenters. The van der Waals surface area contributed by atoms with E-state index in [9.17, 15) is 9.59 Å². The summed E-state index contributed by atoms with van der Waals surface area (Å²) in [4.78, 5) is 25.1. The van der Waals surface area contributed by atoms with Gasteiger partial charge in [-0.2, -0.15) is 0 Å². The van der Waals surface area contributed by atoms with E-state index in [4.69, 9.17) is 29.6 Å². The molecule has 0 saturated carbocycles. The molecule has 2 amide bonds. The molecule has 5 nitrogen and oxygen atoms in total. The van der Waals surface area contributed by atoms with Gasteiger partial charge >= 0.3 is 0 Å². The molecule has 0 radical (unpaired) electrons. The Morgan fingerprint density at radius 3 is 2.71 bits per heavy atom. The van der Waals surface area contributed by atoms with E-state index in [1.165, 1.54) is 11.3 Å². The quantitative estimate of drug-likeness (QED) is 0.715. The maximum Gasteiger partial charge on any atom is 0.258 e. The highest BCUT2D eigenvalue weighted by atomic mass is 35.5. The average molecular weight is 380 g/mol. The number of anilines is 1. The predicted octanol–water partition coefficient (Wildman–Crippen LogP) is 3.12. The molecular formula is C16H14ClN3O2S2. The lowest BCUT2D eigenvalue weighted by Crippen LogP contribution is -2.34. The number of benzene rings is 1. The Morgan fingerprint density at radius 1 is 1.25 bits per heavy atom. The fraction of sp³-hybridized carbons (Fsp3) is 0.188. The zero-order chi connectivity index (χ0) is 17.3. The summed E-state index contributed by atoms with van der Waals surface area (Å²) in [6.45, 7) is 0. The second kappa shape index (κ2) is 6.88. The van der Waals surface area contributed by atoms with Crippen LogP contribution >= 0.6 is 35.2 Å². The molecular weight excluding hydrogens is 366 g/mol. The first-order valence-electron chi connectivity index (χ1n) is 7.28. The molecule has 0 saturated heterocycles. The summed E-state index contributed by atoms with van der Waals surface area (Å²) in [5.74, 6) is -0.903. The summed E-state index contributed by atoms with van der Waals surface area (Å²) >= 11 is 12.6. The van der Waals surface area contributed by atoms with Crippen molar-refractivity contribution in [3.63, 3.8) is 0 Å². The molecule has 1 aliphatic rings. The molecule has 1 aromatic heterocycles. The first-order valence-corrected chi connectivity index (χ1v) is 8.89. The van der Waals surface area contributed by atoms with Gasteiger partial charge in [-0.3, -0.25) is 14.9 Å². The Balaban J connectivity index is 1.75. The molecule has 0 bridgehead atoms. The molecule has 24 heavy (non-hydrogen) atoms. The van der Waals surface area contributed by atoms with Gasteiger partial charge in [-0.1, -0.05) is 23.7 Å². The number of thiocarbonyl (C=S) groups is 1. The van der Waals surface area contributed by atoms with Gasteiger partial charge in [0.05, 0.1) is 16.1 Å². The second-order valence-corrected chi connectivity index (χ2v) is 7.23. The summed E-state index contributed by atoms with van der Waals surface area (Å²) in [7, 11) is 0. The highest BCUT2D eigenvalue weighted by molar-refractivity contribution is 7.80. The van der Waals surface area contributed by atoms with Crippen LogP contribution in [0.2, 0.25) is 5.02 Å². The Kier molecular flexibility index (Phi) is 4.84. The number of hydrogen-bond donors (Lipinski definition) is 3. The van der Waals surface area contributed by atoms with E-state index >= 15 is 0 Å². The SMILES string of the molecule is NC(=O)c1c(NC(=S)NC(=O)c2ccccc2Cl)sc2c1CCC2. The summed E-state index contributed by atoms with van der Waals surface area (Å²) in [5.41, 5.74) is 7.30. The van der Waals surface area contributed by atoms with Crippen LogP contribution < -0.4 is 16.4 Å². The molecule has 124 valence electrons. The molecule has 0 atom stereocenters. The number of hydrogen-bond acceptors (Lipinski definition) is 4. The van der Waals surface area contributed by atoms with E-state index in [-0.39, 0.29) is 5.11 Å². The Labute approximate surface area is 153 Å². The number of primary amides is 1. The maximum absolute atomic E-state index is 12.2. The predicted molar refractivity (Wildman–Crippen MR) is 100 cm³/mol. The monoisotopic (exact) mass is 379 g/mol. The van der Waals surface area contributed by atoms with Crippen molar-refractivity contribution in [3.8, 4) is 0 Å². The molecule has 1 aromatic carbocycles. The lowest BCUT2D eigenvalue weighted by Gasteiger charge is -2.10. The summed E-state index contributed by atoms with van der Waals surface area (Å²) in [6.07, 6.45) is 2.79. The van der Waals surface area contributed by atoms with Crippen molar-refractivity contribution in [1.82, 2.24) is 5.32 Å². The minimum atomic E-state index is -0.489. The molecule has 4 N–H and O–H groups in total. The fourth-order valence-electron chi connectivity index (χ4n) is 2.70. The van der Waals surface area contributed by atoms with Crippen LogP contribution in [0.25, 0.3) is 0 Å². The van der Waals surface area contributed by atoms with Gasteiger partial charge in [0.25, 0.3) is 11.8 Å². The molecule has 0 spiro atoms. The van der Waals surface area contributed by atoms with Crippen molar-refractivity contribution in [2.45, 2.75) is 19.3 Å². The molecule has 0 aliphatic heterocycles. The number of thiophene rings is 1. The number of nitrogens with one attached hydrogen (secondary N) is 2.